The van der Waals surface area contributed by atoms with Crippen molar-refractivity contribution in [3.63, 3.8) is 0 Å². The van der Waals surface area contributed by atoms with Crippen molar-refractivity contribution < 1.29 is 17.2 Å². The topological polar surface area (TPSA) is 34.6 Å². The van der Waals surface area contributed by atoms with Crippen molar-refractivity contribution in [2.24, 2.45) is 0 Å². The number of hydrogen-bond acceptors (Lipinski definition) is 2. The van der Waals surface area contributed by atoms with Crippen molar-refractivity contribution >= 4 is 0 Å². The minimum atomic E-state index is 0. The van der Waals surface area contributed by atoms with Crippen molar-refractivity contribution in [2.75, 3.05) is 0 Å². The highest BCUT2D eigenvalue weighted by atomic mass is 35.5. The summed E-state index contributed by atoms with van der Waals surface area (Å²) in [4.78, 5) is 3.66. The van der Waals surface area contributed by atoms with E-state index in [2.05, 4.69) is 31.2 Å². The highest BCUT2D eigenvalue weighted by molar-refractivity contribution is 5.53. The summed E-state index contributed by atoms with van der Waals surface area (Å²) >= 11 is 0. The van der Waals surface area contributed by atoms with Gasteiger partial charge in [-0.05, 0) is 53.2 Å². The summed E-state index contributed by atoms with van der Waals surface area (Å²) < 4.78 is 0. The van der Waals surface area contributed by atoms with Crippen LogP contribution in [-0.4, -0.2) is 15.0 Å². The molecule has 5 heteroatoms. The van der Waals surface area contributed by atoms with E-state index in [0.717, 1.165) is 16.9 Å². The third-order valence-corrected chi connectivity index (χ3v) is 3.84. The third-order valence-electron chi connectivity index (χ3n) is 3.84. The van der Waals surface area contributed by atoms with Crippen molar-refractivity contribution in [1.29, 1.82) is 0 Å². The molecule has 0 atom stereocenters. The number of aryl methyl sites for hydroxylation is 1. The molecule has 1 heterocycles. The van der Waals surface area contributed by atoms with Gasteiger partial charge >= 0.3 is 5.82 Å². The maximum absolute atomic E-state index is 4.73. The molecule has 4 nitrogen and oxygen atoms in total. The molecule has 0 saturated carbocycles. The molecule has 0 unspecified atom stereocenters. The summed E-state index contributed by atoms with van der Waals surface area (Å²) in [7, 11) is 0. The number of hydrogen-bond donors (Lipinski definition) is 0. The van der Waals surface area contributed by atoms with Gasteiger partial charge in [0.15, 0.2) is 5.69 Å². The number of benzene rings is 3. The predicted octanol–water partition coefficient (Wildman–Crippen LogP) is 0.523. The molecule has 0 bridgehead atoms. The lowest BCUT2D eigenvalue weighted by Crippen LogP contribution is -3.00. The fraction of sp³-hybridized carbons (Fsp3) is 0.0500. The van der Waals surface area contributed by atoms with Crippen LogP contribution in [0.2, 0.25) is 0 Å². The fourth-order valence-corrected chi connectivity index (χ4v) is 2.56. The minimum Gasteiger partial charge on any atom is -1.00 e. The van der Waals surface area contributed by atoms with E-state index in [1.165, 1.54) is 5.56 Å². The molecule has 0 spiro atoms. The first-order valence-corrected chi connectivity index (χ1v) is 7.89. The van der Waals surface area contributed by atoms with Crippen molar-refractivity contribution in [3.05, 3.63) is 90.5 Å². The summed E-state index contributed by atoms with van der Waals surface area (Å²) in [6, 6.07) is 28.3. The normalized spacial score (nSPS) is 10.3. The Balaban J connectivity index is 0.00000182. The average Bonchev–Trinajstić information content (AvgIpc) is 3.09. The minimum absolute atomic E-state index is 0. The lowest BCUT2D eigenvalue weighted by molar-refractivity contribution is -0.734. The van der Waals surface area contributed by atoms with Gasteiger partial charge in [0.25, 0.3) is 0 Å². The molecule has 0 saturated heterocycles. The predicted molar refractivity (Wildman–Crippen MR) is 93.1 cm³/mol. The second kappa shape index (κ2) is 7.28. The standard InChI is InChI=1S/C20H17N4.ClH/c1-16-12-14-19(15-13-16)24-22-20(17-8-4-2-5-9-17)21-23(24)18-10-6-3-7-11-18;/h2-15H,1H3;1H/q+1;/p-1. The summed E-state index contributed by atoms with van der Waals surface area (Å²) in [5, 5.41) is 9.44. The van der Waals surface area contributed by atoms with Crippen LogP contribution in [0.15, 0.2) is 84.9 Å². The number of tetrazole rings is 1. The van der Waals surface area contributed by atoms with E-state index in [0.29, 0.717) is 5.82 Å². The second-order valence-electron chi connectivity index (χ2n) is 5.64. The van der Waals surface area contributed by atoms with Gasteiger partial charge < -0.3 is 12.4 Å². The van der Waals surface area contributed by atoms with Crippen molar-refractivity contribution in [3.8, 4) is 22.8 Å². The number of nitrogens with zero attached hydrogens (tertiary/aromatic N) is 4. The Morgan fingerprint density at radius 3 is 2.00 bits per heavy atom. The molecule has 4 aromatic rings. The Bertz CT molecular complexity index is 948. The number of aromatic nitrogens is 4. The third kappa shape index (κ3) is 3.44. The lowest BCUT2D eigenvalue weighted by atomic mass is 10.2. The maximum atomic E-state index is 4.73. The SMILES string of the molecule is Cc1ccc(-[n+]2nc(-c3ccccc3)nn2-c2ccccc2)cc1.[Cl-]. The van der Waals surface area contributed by atoms with Crippen LogP contribution in [0.1, 0.15) is 5.56 Å². The maximum Gasteiger partial charge on any atom is 0.340 e. The number of halogens is 1. The van der Waals surface area contributed by atoms with Crippen LogP contribution >= 0.6 is 0 Å². The van der Waals surface area contributed by atoms with Crippen LogP contribution in [0.3, 0.4) is 0 Å². The van der Waals surface area contributed by atoms with Crippen LogP contribution in [-0.2, 0) is 0 Å². The molecular formula is C20H17ClN4. The summed E-state index contributed by atoms with van der Waals surface area (Å²) in [6.07, 6.45) is 0. The Morgan fingerprint density at radius 1 is 0.760 bits per heavy atom. The van der Waals surface area contributed by atoms with E-state index in [1.807, 2.05) is 70.3 Å². The van der Waals surface area contributed by atoms with Gasteiger partial charge in [-0.15, -0.1) is 0 Å². The van der Waals surface area contributed by atoms with E-state index in [1.54, 1.807) is 0 Å². The van der Waals surface area contributed by atoms with Gasteiger partial charge in [-0.3, -0.25) is 0 Å². The van der Waals surface area contributed by atoms with Gasteiger partial charge in [-0.1, -0.05) is 54.1 Å². The quantitative estimate of drug-likeness (QED) is 0.506. The lowest BCUT2D eigenvalue weighted by Gasteiger charge is -1.99. The summed E-state index contributed by atoms with van der Waals surface area (Å²) in [5.41, 5.74) is 4.15. The zero-order chi connectivity index (χ0) is 16.4. The zero-order valence-corrected chi connectivity index (χ0v) is 14.5. The first-order valence-electron chi connectivity index (χ1n) is 7.89. The van der Waals surface area contributed by atoms with Crippen LogP contribution in [0.5, 0.6) is 0 Å². The number of rotatable bonds is 3. The molecule has 0 aliphatic carbocycles. The van der Waals surface area contributed by atoms with Crippen LogP contribution < -0.4 is 17.2 Å². The Labute approximate surface area is 152 Å². The fourth-order valence-electron chi connectivity index (χ4n) is 2.56. The molecule has 1 aromatic heterocycles. The Hall–Kier alpha value is -2.98. The molecule has 0 aliphatic rings. The van der Waals surface area contributed by atoms with E-state index in [-0.39, 0.29) is 12.4 Å². The van der Waals surface area contributed by atoms with Crippen LogP contribution in [0.25, 0.3) is 22.8 Å². The molecule has 0 radical (unpaired) electrons. The van der Waals surface area contributed by atoms with Crippen LogP contribution in [0, 0.1) is 6.92 Å². The molecule has 0 amide bonds. The molecule has 3 aromatic carbocycles. The zero-order valence-electron chi connectivity index (χ0n) is 13.7. The Kier molecular flexibility index (Phi) is 4.91. The highest BCUT2D eigenvalue weighted by Gasteiger charge is 2.22. The summed E-state index contributed by atoms with van der Waals surface area (Å²) in [5.74, 6) is 0.694. The largest absolute Gasteiger partial charge is 1.00 e. The molecule has 124 valence electrons. The summed E-state index contributed by atoms with van der Waals surface area (Å²) in [6.45, 7) is 2.08. The Morgan fingerprint density at radius 2 is 1.36 bits per heavy atom. The first-order chi connectivity index (χ1) is 11.8. The highest BCUT2D eigenvalue weighted by Crippen LogP contribution is 2.14. The number of para-hydroxylation sites is 1. The molecular weight excluding hydrogens is 332 g/mol. The van der Waals surface area contributed by atoms with Gasteiger partial charge in [-0.2, -0.15) is 0 Å². The van der Waals surface area contributed by atoms with Gasteiger partial charge in [-0.25, -0.2) is 0 Å². The average molecular weight is 349 g/mol. The van der Waals surface area contributed by atoms with E-state index in [9.17, 15) is 0 Å². The molecule has 25 heavy (non-hydrogen) atoms. The van der Waals surface area contributed by atoms with E-state index in [4.69, 9.17) is 10.2 Å². The molecule has 0 fully saturated rings. The second-order valence-corrected chi connectivity index (χ2v) is 5.64. The van der Waals surface area contributed by atoms with E-state index < -0.39 is 0 Å². The van der Waals surface area contributed by atoms with Gasteiger partial charge in [0.05, 0.1) is 10.7 Å². The first kappa shape index (κ1) is 16.9. The molecule has 0 aliphatic heterocycles. The molecule has 0 N–H and O–H groups in total. The molecule has 4 rings (SSSR count). The monoisotopic (exact) mass is 348 g/mol. The van der Waals surface area contributed by atoms with Crippen molar-refractivity contribution in [2.45, 2.75) is 6.92 Å². The smallest absolute Gasteiger partial charge is 0.340 e. The van der Waals surface area contributed by atoms with Gasteiger partial charge in [0, 0.05) is 4.80 Å². The van der Waals surface area contributed by atoms with E-state index >= 15 is 0 Å². The van der Waals surface area contributed by atoms with Crippen molar-refractivity contribution in [1.82, 2.24) is 15.0 Å². The van der Waals surface area contributed by atoms with Gasteiger partial charge in [0.2, 0.25) is 0 Å². The van der Waals surface area contributed by atoms with Crippen LogP contribution in [0.4, 0.5) is 0 Å². The van der Waals surface area contributed by atoms with Gasteiger partial charge in [0.1, 0.15) is 5.69 Å².